The van der Waals surface area contributed by atoms with Crippen LogP contribution in [-0.2, 0) is 44.4 Å². The van der Waals surface area contributed by atoms with E-state index in [-0.39, 0.29) is 31.5 Å². The van der Waals surface area contributed by atoms with Gasteiger partial charge in [0.25, 0.3) is 0 Å². The number of methoxy groups -OCH3 is 1. The van der Waals surface area contributed by atoms with Crippen molar-refractivity contribution in [2.75, 3.05) is 20.3 Å². The third-order valence-corrected chi connectivity index (χ3v) is 7.98. The molecule has 0 unspecified atom stereocenters. The van der Waals surface area contributed by atoms with Crippen LogP contribution < -0.4 is 0 Å². The quantitative estimate of drug-likeness (QED) is 0.192. The molecule has 3 fully saturated rings. The molecule has 0 spiro atoms. The third-order valence-electron chi connectivity index (χ3n) is 7.98. The molecule has 9 atom stereocenters. The third kappa shape index (κ3) is 6.60. The molecule has 0 amide bonds. The van der Waals surface area contributed by atoms with Crippen molar-refractivity contribution in [1.29, 1.82) is 0 Å². The highest BCUT2D eigenvalue weighted by Gasteiger charge is 2.48. The summed E-state index contributed by atoms with van der Waals surface area (Å²) in [6.07, 6.45) is -3.20. The van der Waals surface area contributed by atoms with Gasteiger partial charge in [-0.05, 0) is 47.8 Å². The lowest BCUT2D eigenvalue weighted by Crippen LogP contribution is -2.59. The van der Waals surface area contributed by atoms with Crippen molar-refractivity contribution in [1.82, 2.24) is 0 Å². The average Bonchev–Trinajstić information content (AvgIpc) is 3.49. The Morgan fingerprint density at radius 3 is 2.60 bits per heavy atom. The maximum Gasteiger partial charge on any atom is 0.334 e. The van der Waals surface area contributed by atoms with Gasteiger partial charge in [0.1, 0.15) is 42.9 Å². The zero-order valence-electron chi connectivity index (χ0n) is 23.2. The molecule has 228 valence electrons. The second-order valence-corrected chi connectivity index (χ2v) is 10.9. The van der Waals surface area contributed by atoms with Crippen molar-refractivity contribution in [3.05, 3.63) is 65.3 Å². The lowest BCUT2D eigenvalue weighted by Gasteiger charge is -2.40. The van der Waals surface area contributed by atoms with E-state index in [1.165, 1.54) is 12.1 Å². The van der Waals surface area contributed by atoms with E-state index in [0.717, 1.165) is 11.1 Å². The van der Waals surface area contributed by atoms with E-state index in [4.69, 9.17) is 28.4 Å². The van der Waals surface area contributed by atoms with Gasteiger partial charge in [0.2, 0.25) is 0 Å². The molecule has 0 aromatic heterocycles. The van der Waals surface area contributed by atoms with E-state index in [0.29, 0.717) is 30.4 Å². The van der Waals surface area contributed by atoms with Crippen LogP contribution in [-0.4, -0.2) is 102 Å². The minimum Gasteiger partial charge on any atom is -0.508 e. The number of rotatable bonds is 8. The molecule has 0 saturated carbocycles. The molecule has 3 heterocycles. The molecule has 4 aliphatic rings. The summed E-state index contributed by atoms with van der Waals surface area (Å²) in [6.45, 7) is 3.50. The molecule has 5 rings (SSSR count). The number of esters is 2. The number of hydrogen-bond acceptors (Lipinski definition) is 12. The normalized spacial score (nSPS) is 34.7. The van der Waals surface area contributed by atoms with Crippen molar-refractivity contribution in [3.63, 3.8) is 0 Å². The van der Waals surface area contributed by atoms with Crippen LogP contribution in [0.1, 0.15) is 24.8 Å². The van der Waals surface area contributed by atoms with Crippen molar-refractivity contribution in [2.24, 2.45) is 5.92 Å². The first kappa shape index (κ1) is 30.4. The van der Waals surface area contributed by atoms with E-state index in [1.807, 2.05) is 6.08 Å². The summed E-state index contributed by atoms with van der Waals surface area (Å²) in [6, 6.07) is 6.05. The lowest BCUT2D eigenvalue weighted by molar-refractivity contribution is -0.299. The number of phenols is 1. The standard InChI is InChI=1S/C30H36O12/c1-15-24-20(40-28(15)36)10-17(4-3-5-18-12-21(24)41-29(18)37-2)13-39-30-27(35)26(34)25(33)22(42-30)14-38-23(32)11-16-6-8-19(31)9-7-16/h5-10,20-22,24-27,29-31,33-35H,1,3-4,11-14H2,2H3/t20-,21+,22-,24+,25-,26+,27+,29+,30+/m1/s1. The maximum absolute atomic E-state index is 12.4. The number of aliphatic hydroxyl groups excluding tert-OH is 3. The Hall–Kier alpha value is -3.10. The number of fused-ring (bicyclic) bond motifs is 4. The molecule has 1 aliphatic carbocycles. The first-order valence-corrected chi connectivity index (χ1v) is 13.9. The molecule has 3 saturated heterocycles. The second kappa shape index (κ2) is 13.0. The molecular weight excluding hydrogens is 552 g/mol. The van der Waals surface area contributed by atoms with Crippen LogP contribution in [0.4, 0.5) is 0 Å². The van der Waals surface area contributed by atoms with E-state index in [1.54, 1.807) is 25.3 Å². The Bertz CT molecular complexity index is 1220. The van der Waals surface area contributed by atoms with E-state index in [9.17, 15) is 30.0 Å². The van der Waals surface area contributed by atoms with Crippen molar-refractivity contribution < 1.29 is 58.4 Å². The summed E-state index contributed by atoms with van der Waals surface area (Å²) in [5, 5.41) is 40.8. The van der Waals surface area contributed by atoms with Gasteiger partial charge in [-0.25, -0.2) is 4.79 Å². The minimum absolute atomic E-state index is 0.0342. The summed E-state index contributed by atoms with van der Waals surface area (Å²) >= 11 is 0. The van der Waals surface area contributed by atoms with E-state index < -0.39 is 61.0 Å². The highest BCUT2D eigenvalue weighted by Crippen LogP contribution is 2.41. The topological polar surface area (TPSA) is 170 Å². The zero-order valence-corrected chi connectivity index (χ0v) is 23.2. The molecule has 12 nitrogen and oxygen atoms in total. The Kier molecular flexibility index (Phi) is 9.43. The van der Waals surface area contributed by atoms with Gasteiger partial charge in [-0.1, -0.05) is 24.8 Å². The summed E-state index contributed by atoms with van der Waals surface area (Å²) < 4.78 is 34.0. The van der Waals surface area contributed by atoms with Gasteiger partial charge >= 0.3 is 11.9 Å². The number of aromatic hydroxyl groups is 1. The predicted molar refractivity (Wildman–Crippen MR) is 144 cm³/mol. The fourth-order valence-corrected chi connectivity index (χ4v) is 5.67. The number of ether oxygens (including phenoxy) is 6. The van der Waals surface area contributed by atoms with Crippen molar-refractivity contribution in [3.8, 4) is 5.75 Å². The minimum atomic E-state index is -1.62. The number of benzene rings is 1. The molecule has 2 bridgehead atoms. The zero-order chi connectivity index (χ0) is 30.0. The molecule has 12 heteroatoms. The van der Waals surface area contributed by atoms with Crippen molar-refractivity contribution >= 4 is 11.9 Å². The molecule has 42 heavy (non-hydrogen) atoms. The monoisotopic (exact) mass is 588 g/mol. The molecule has 1 aromatic carbocycles. The highest BCUT2D eigenvalue weighted by molar-refractivity contribution is 5.91. The molecular formula is C30H36O12. The van der Waals surface area contributed by atoms with Crippen LogP contribution in [0.3, 0.4) is 0 Å². The first-order valence-electron chi connectivity index (χ1n) is 13.9. The number of hydrogen-bond donors (Lipinski definition) is 4. The van der Waals surface area contributed by atoms with Crippen LogP contribution in [0.15, 0.2) is 59.7 Å². The van der Waals surface area contributed by atoms with Gasteiger partial charge in [-0.3, -0.25) is 4.79 Å². The molecule has 4 N–H and O–H groups in total. The number of carbonyl (C=O) groups excluding carboxylic acids is 2. The number of aliphatic hydroxyl groups is 3. The Morgan fingerprint density at radius 1 is 1.10 bits per heavy atom. The number of phenolic OH excluding ortho intramolecular Hbond substituents is 1. The van der Waals surface area contributed by atoms with Crippen LogP contribution in [0.2, 0.25) is 0 Å². The van der Waals surface area contributed by atoms with Crippen LogP contribution in [0.25, 0.3) is 0 Å². The fourth-order valence-electron chi connectivity index (χ4n) is 5.67. The summed E-state index contributed by atoms with van der Waals surface area (Å²) in [7, 11) is 1.56. The molecule has 3 aliphatic heterocycles. The average molecular weight is 589 g/mol. The lowest BCUT2D eigenvalue weighted by atomic mass is 9.86. The molecule has 0 radical (unpaired) electrons. The Labute approximate surface area is 242 Å². The van der Waals surface area contributed by atoms with Gasteiger partial charge in [-0.15, -0.1) is 0 Å². The van der Waals surface area contributed by atoms with Crippen molar-refractivity contribution in [2.45, 2.75) is 74.9 Å². The van der Waals surface area contributed by atoms with Crippen LogP contribution in [0.5, 0.6) is 5.75 Å². The Morgan fingerprint density at radius 2 is 1.86 bits per heavy atom. The summed E-state index contributed by atoms with van der Waals surface area (Å²) in [5.41, 5.74) is 2.67. The van der Waals surface area contributed by atoms with Crippen LogP contribution in [0, 0.1) is 5.92 Å². The summed E-state index contributed by atoms with van der Waals surface area (Å²) in [4.78, 5) is 24.7. The highest BCUT2D eigenvalue weighted by atomic mass is 16.7. The maximum atomic E-state index is 12.4. The largest absolute Gasteiger partial charge is 0.508 e. The SMILES string of the molecule is C=C1C(=O)O[C@@H]2C=C(CO[C@H]3O[C@H](COC(=O)Cc4ccc(O)cc4)[C@@H](O)[C@H](O)[C@@H]3O)CCC=C3C[C@H](O[C@@H]3OC)[C@@H]12. The smallest absolute Gasteiger partial charge is 0.334 e. The van der Waals surface area contributed by atoms with Gasteiger partial charge in [0.05, 0.1) is 25.0 Å². The second-order valence-electron chi connectivity index (χ2n) is 10.9. The Balaban J connectivity index is 1.23. The van der Waals surface area contributed by atoms with E-state index in [2.05, 4.69) is 6.58 Å². The first-order chi connectivity index (χ1) is 20.1. The predicted octanol–water partition coefficient (Wildman–Crippen LogP) is 0.808. The van der Waals surface area contributed by atoms with E-state index >= 15 is 0 Å². The van der Waals surface area contributed by atoms with Crippen LogP contribution >= 0.6 is 0 Å². The van der Waals surface area contributed by atoms with Gasteiger partial charge in [0.15, 0.2) is 12.6 Å². The molecule has 1 aromatic rings. The summed E-state index contributed by atoms with van der Waals surface area (Å²) in [5.74, 6) is -1.45. The van der Waals surface area contributed by atoms with Gasteiger partial charge in [0, 0.05) is 19.1 Å². The fraction of sp³-hybridized carbons (Fsp3) is 0.533. The van der Waals surface area contributed by atoms with Gasteiger partial charge < -0.3 is 48.8 Å². The number of allylic oxidation sites excluding steroid dienone is 1. The number of carbonyl (C=O) groups is 2. The van der Waals surface area contributed by atoms with Gasteiger partial charge in [-0.2, -0.15) is 0 Å².